The molecule has 0 aliphatic rings. The minimum absolute atomic E-state index is 0.0417. The Labute approximate surface area is 122 Å². The topological polar surface area (TPSA) is 249 Å². The molecule has 0 atom stereocenters. The zero-order chi connectivity index (χ0) is 18.4. The second-order valence-corrected chi connectivity index (χ2v) is 2.39. The van der Waals surface area contributed by atoms with Crippen molar-refractivity contribution in [3.8, 4) is 0 Å². The molecule has 0 radical (unpaired) electrons. The van der Waals surface area contributed by atoms with Crippen LogP contribution >= 0.6 is 0 Å². The van der Waals surface area contributed by atoms with E-state index in [1.54, 1.807) is 0 Å². The molecular formula is C6H17N3O13. The zero-order valence-corrected chi connectivity index (χ0v) is 11.1. The van der Waals surface area contributed by atoms with Crippen molar-refractivity contribution in [3.05, 3.63) is 30.3 Å². The predicted octanol–water partition coefficient (Wildman–Crippen LogP) is -2.04. The van der Waals surface area contributed by atoms with E-state index in [-0.39, 0.29) is 13.2 Å². The average Bonchev–Trinajstić information content (AvgIpc) is 2.31. The van der Waals surface area contributed by atoms with E-state index < -0.39 is 15.3 Å². The van der Waals surface area contributed by atoms with Gasteiger partial charge in [0.05, 0.1) is 39.6 Å². The minimum Gasteiger partial charge on any atom is -0.394 e. The van der Waals surface area contributed by atoms with E-state index in [0.29, 0.717) is 26.4 Å². The molecule has 22 heavy (non-hydrogen) atoms. The summed E-state index contributed by atoms with van der Waals surface area (Å²) in [6.07, 6.45) is 0. The van der Waals surface area contributed by atoms with Gasteiger partial charge in [-0.2, -0.15) is 0 Å². The molecule has 134 valence electrons. The third-order valence-electron chi connectivity index (χ3n) is 0.843. The van der Waals surface area contributed by atoms with Gasteiger partial charge in [-0.25, -0.2) is 0 Å². The highest BCUT2D eigenvalue weighted by Gasteiger charge is 1.86. The fraction of sp³-hybridized carbons (Fsp3) is 1.00. The first kappa shape index (κ1) is 27.7. The Hall–Kier alpha value is -2.56. The first-order valence-electron chi connectivity index (χ1n) is 4.98. The van der Waals surface area contributed by atoms with Crippen molar-refractivity contribution in [1.29, 1.82) is 0 Å². The Bertz CT molecular complexity index is 214. The number of ether oxygens (including phenoxy) is 2. The molecule has 0 fully saturated rings. The van der Waals surface area contributed by atoms with Crippen LogP contribution in [0.25, 0.3) is 0 Å². The Morgan fingerprint density at radius 1 is 0.636 bits per heavy atom. The summed E-state index contributed by atoms with van der Waals surface area (Å²) in [6, 6.07) is 0. The van der Waals surface area contributed by atoms with Gasteiger partial charge in [0, 0.05) is 0 Å². The smallest absolute Gasteiger partial charge is 0.291 e. The summed E-state index contributed by atoms with van der Waals surface area (Å²) in [5.41, 5.74) is 0. The fourth-order valence-electron chi connectivity index (χ4n) is 0.451. The normalized spacial score (nSPS) is 7.91. The molecule has 0 aromatic heterocycles. The molecule has 5 N–H and O–H groups in total. The maximum absolute atomic E-state index is 8.36. The number of aliphatic hydroxyl groups excluding tert-OH is 2. The molecule has 16 heteroatoms. The van der Waals surface area contributed by atoms with Gasteiger partial charge < -0.3 is 35.3 Å². The van der Waals surface area contributed by atoms with Crippen molar-refractivity contribution >= 4 is 0 Å². The number of hydrogen-bond donors (Lipinski definition) is 5. The molecule has 0 rings (SSSR count). The van der Waals surface area contributed by atoms with Crippen LogP contribution in [-0.4, -0.2) is 80.7 Å². The number of nitrogens with zero attached hydrogens (tertiary/aromatic N) is 3. The van der Waals surface area contributed by atoms with Crippen molar-refractivity contribution in [2.75, 3.05) is 39.6 Å². The molecule has 0 spiro atoms. The van der Waals surface area contributed by atoms with Crippen LogP contribution < -0.4 is 0 Å². The summed E-state index contributed by atoms with van der Waals surface area (Å²) < 4.78 is 9.75. The molecule has 0 saturated heterocycles. The molecule has 16 nitrogen and oxygen atoms in total. The SMILES string of the molecule is O=[N+]([O-])O.O=[N+]([O-])O.O=[N+]([O-])O.OCCOCCOCCO. The minimum atomic E-state index is -1.50. The van der Waals surface area contributed by atoms with Gasteiger partial charge in [0.1, 0.15) is 0 Å². The highest BCUT2D eigenvalue weighted by molar-refractivity contribution is 4.30. The largest absolute Gasteiger partial charge is 0.394 e. The van der Waals surface area contributed by atoms with Crippen LogP contribution in [0.4, 0.5) is 0 Å². The molecule has 0 saturated carbocycles. The van der Waals surface area contributed by atoms with E-state index in [1.165, 1.54) is 0 Å². The van der Waals surface area contributed by atoms with Crippen LogP contribution in [0.2, 0.25) is 0 Å². The Morgan fingerprint density at radius 2 is 0.818 bits per heavy atom. The highest BCUT2D eigenvalue weighted by Crippen LogP contribution is 1.76. The van der Waals surface area contributed by atoms with E-state index in [1.807, 2.05) is 0 Å². The average molecular weight is 339 g/mol. The van der Waals surface area contributed by atoms with Crippen LogP contribution in [0, 0.1) is 30.3 Å². The Kier molecular flexibility index (Phi) is 33.9. The molecule has 0 aliphatic carbocycles. The van der Waals surface area contributed by atoms with Gasteiger partial charge in [0.2, 0.25) is 0 Å². The van der Waals surface area contributed by atoms with E-state index in [2.05, 4.69) is 0 Å². The van der Waals surface area contributed by atoms with Crippen LogP contribution in [0.15, 0.2) is 0 Å². The van der Waals surface area contributed by atoms with Crippen LogP contribution in [-0.2, 0) is 9.47 Å². The molecule has 0 amide bonds. The van der Waals surface area contributed by atoms with E-state index in [4.69, 9.17) is 65.7 Å². The van der Waals surface area contributed by atoms with Gasteiger partial charge in [-0.3, -0.25) is 0 Å². The number of aliphatic hydroxyl groups is 2. The first-order chi connectivity index (χ1) is 10.1. The van der Waals surface area contributed by atoms with E-state index in [0.717, 1.165) is 0 Å². The van der Waals surface area contributed by atoms with Gasteiger partial charge in [-0.1, -0.05) is 0 Å². The number of hydrogen-bond acceptors (Lipinski definition) is 10. The standard InChI is InChI=1S/C6H14O4.3HNO3/c7-1-3-9-5-6-10-4-2-8;3*2-1(3)4/h7-8H,1-6H2;3*(H,2,3,4). The monoisotopic (exact) mass is 339 g/mol. The maximum Gasteiger partial charge on any atom is 0.291 e. The third-order valence-corrected chi connectivity index (χ3v) is 0.843. The molecule has 0 aliphatic heterocycles. The summed E-state index contributed by atoms with van der Waals surface area (Å²) in [5, 5.41) is 57.4. The van der Waals surface area contributed by atoms with Gasteiger partial charge in [0.25, 0.3) is 15.3 Å². The Morgan fingerprint density at radius 3 is 0.955 bits per heavy atom. The van der Waals surface area contributed by atoms with E-state index in [9.17, 15) is 0 Å². The van der Waals surface area contributed by atoms with Gasteiger partial charge >= 0.3 is 0 Å². The lowest BCUT2D eigenvalue weighted by Crippen LogP contribution is -2.09. The highest BCUT2D eigenvalue weighted by atomic mass is 16.9. The van der Waals surface area contributed by atoms with Crippen molar-refractivity contribution in [2.45, 2.75) is 0 Å². The van der Waals surface area contributed by atoms with E-state index >= 15 is 0 Å². The van der Waals surface area contributed by atoms with Gasteiger partial charge in [-0.05, 0) is 0 Å². The summed E-state index contributed by atoms with van der Waals surface area (Å²) in [7, 11) is 0. The maximum atomic E-state index is 8.36. The molecule has 0 bridgehead atoms. The second-order valence-electron chi connectivity index (χ2n) is 2.39. The molecule has 0 heterocycles. The molecular weight excluding hydrogens is 322 g/mol. The zero-order valence-electron chi connectivity index (χ0n) is 11.1. The summed E-state index contributed by atoms with van der Waals surface area (Å²) >= 11 is 0. The molecule has 0 aromatic rings. The van der Waals surface area contributed by atoms with Crippen molar-refractivity contribution < 1.29 is 50.6 Å². The van der Waals surface area contributed by atoms with Crippen molar-refractivity contribution in [3.63, 3.8) is 0 Å². The lowest BCUT2D eigenvalue weighted by Gasteiger charge is -2.01. The fourth-order valence-corrected chi connectivity index (χ4v) is 0.451. The molecule has 0 unspecified atom stereocenters. The van der Waals surface area contributed by atoms with Crippen molar-refractivity contribution in [1.82, 2.24) is 0 Å². The summed E-state index contributed by atoms with van der Waals surface area (Å²) in [4.78, 5) is 25.1. The predicted molar refractivity (Wildman–Crippen MR) is 62.2 cm³/mol. The first-order valence-corrected chi connectivity index (χ1v) is 4.98. The van der Waals surface area contributed by atoms with Gasteiger partial charge in [-0.15, -0.1) is 30.3 Å². The van der Waals surface area contributed by atoms with Gasteiger partial charge in [0.15, 0.2) is 0 Å². The lowest BCUT2D eigenvalue weighted by molar-refractivity contribution is -0.742. The number of rotatable bonds is 7. The van der Waals surface area contributed by atoms with Crippen molar-refractivity contribution in [2.24, 2.45) is 0 Å². The summed E-state index contributed by atoms with van der Waals surface area (Å²) in [6.45, 7) is 1.73. The lowest BCUT2D eigenvalue weighted by atomic mass is 10.7. The quantitative estimate of drug-likeness (QED) is 0.190. The van der Waals surface area contributed by atoms with Crippen LogP contribution in [0.5, 0.6) is 0 Å². The second kappa shape index (κ2) is 26.9. The summed E-state index contributed by atoms with van der Waals surface area (Å²) in [5.74, 6) is 0. The third kappa shape index (κ3) is 239. The Balaban J connectivity index is -0.000000112. The molecule has 0 aromatic carbocycles. The van der Waals surface area contributed by atoms with Crippen LogP contribution in [0.1, 0.15) is 0 Å². The van der Waals surface area contributed by atoms with Crippen LogP contribution in [0.3, 0.4) is 0 Å².